The second-order valence-electron chi connectivity index (χ2n) is 6.07. The van der Waals surface area contributed by atoms with Crippen LogP contribution in [0, 0.1) is 20.8 Å². The highest BCUT2D eigenvalue weighted by Crippen LogP contribution is 2.23. The zero-order chi connectivity index (χ0) is 17.2. The third kappa shape index (κ3) is 4.02. The maximum absolute atomic E-state index is 12.7. The number of benzene rings is 1. The second kappa shape index (κ2) is 6.86. The Hall–Kier alpha value is -1.63. The van der Waals surface area contributed by atoms with Gasteiger partial charge in [0, 0.05) is 6.54 Å². The van der Waals surface area contributed by atoms with Crippen LogP contribution in [0.15, 0.2) is 39.8 Å². The van der Waals surface area contributed by atoms with Crippen molar-refractivity contribution in [3.8, 4) is 0 Å². The molecular formula is C17H24N2O3S. The first-order chi connectivity index (χ1) is 10.7. The molecule has 23 heavy (non-hydrogen) atoms. The summed E-state index contributed by atoms with van der Waals surface area (Å²) in [5.74, 6) is 0.732. The summed E-state index contributed by atoms with van der Waals surface area (Å²) >= 11 is 0. The normalized spacial score (nSPS) is 13.5. The lowest BCUT2D eigenvalue weighted by Gasteiger charge is -2.23. The van der Waals surface area contributed by atoms with Crippen LogP contribution in [-0.2, 0) is 10.0 Å². The van der Waals surface area contributed by atoms with Crippen LogP contribution in [0.4, 0.5) is 0 Å². The third-order valence-electron chi connectivity index (χ3n) is 3.84. The molecule has 0 radical (unpaired) electrons. The molecule has 2 aromatic rings. The van der Waals surface area contributed by atoms with Gasteiger partial charge < -0.3 is 4.42 Å². The van der Waals surface area contributed by atoms with E-state index in [1.807, 2.05) is 58.0 Å². The Labute approximate surface area is 138 Å². The Morgan fingerprint density at radius 1 is 1.17 bits per heavy atom. The molecule has 1 atom stereocenters. The van der Waals surface area contributed by atoms with E-state index in [9.17, 15) is 8.42 Å². The SMILES string of the molecule is Cc1cc(C)c(S(=O)(=O)NCC(c2ccco2)N(C)C)c(C)c1. The molecule has 0 amide bonds. The van der Waals surface area contributed by atoms with Gasteiger partial charge in [-0.3, -0.25) is 4.90 Å². The Balaban J connectivity index is 2.25. The van der Waals surface area contributed by atoms with Gasteiger partial charge in [0.1, 0.15) is 5.76 Å². The van der Waals surface area contributed by atoms with Crippen LogP contribution < -0.4 is 4.72 Å². The molecule has 0 bridgehead atoms. The molecule has 1 aromatic heterocycles. The van der Waals surface area contributed by atoms with Gasteiger partial charge in [0.05, 0.1) is 17.2 Å². The zero-order valence-electron chi connectivity index (χ0n) is 14.3. The van der Waals surface area contributed by atoms with Crippen molar-refractivity contribution < 1.29 is 12.8 Å². The van der Waals surface area contributed by atoms with E-state index in [-0.39, 0.29) is 12.6 Å². The molecule has 0 spiro atoms. The predicted molar refractivity (Wildman–Crippen MR) is 91.0 cm³/mol. The molecule has 0 saturated heterocycles. The van der Waals surface area contributed by atoms with Crippen molar-refractivity contribution in [1.29, 1.82) is 0 Å². The summed E-state index contributed by atoms with van der Waals surface area (Å²) in [5, 5.41) is 0. The van der Waals surface area contributed by atoms with Crippen LogP contribution in [0.25, 0.3) is 0 Å². The number of sulfonamides is 1. The number of furan rings is 1. The van der Waals surface area contributed by atoms with Gasteiger partial charge in [0.25, 0.3) is 0 Å². The van der Waals surface area contributed by atoms with Gasteiger partial charge in [0.2, 0.25) is 10.0 Å². The molecule has 0 aliphatic rings. The van der Waals surface area contributed by atoms with Crippen LogP contribution in [0.5, 0.6) is 0 Å². The number of hydrogen-bond donors (Lipinski definition) is 1. The monoisotopic (exact) mass is 336 g/mol. The first-order valence-electron chi connectivity index (χ1n) is 7.49. The molecule has 2 rings (SSSR count). The number of nitrogens with one attached hydrogen (secondary N) is 1. The van der Waals surface area contributed by atoms with Crippen molar-refractivity contribution in [3.05, 3.63) is 53.0 Å². The fourth-order valence-corrected chi connectivity index (χ4v) is 4.36. The molecular weight excluding hydrogens is 312 g/mol. The van der Waals surface area contributed by atoms with Gasteiger partial charge in [-0.25, -0.2) is 13.1 Å². The van der Waals surface area contributed by atoms with Crippen molar-refractivity contribution >= 4 is 10.0 Å². The van der Waals surface area contributed by atoms with Gasteiger partial charge in [-0.05, 0) is 58.1 Å². The molecule has 0 fully saturated rings. The predicted octanol–water partition coefficient (Wildman–Crippen LogP) is 2.79. The molecule has 0 aliphatic heterocycles. The van der Waals surface area contributed by atoms with Crippen molar-refractivity contribution in [3.63, 3.8) is 0 Å². The largest absolute Gasteiger partial charge is 0.468 e. The number of hydrogen-bond acceptors (Lipinski definition) is 4. The van der Waals surface area contributed by atoms with E-state index in [1.165, 1.54) is 0 Å². The lowest BCUT2D eigenvalue weighted by Crippen LogP contribution is -2.35. The van der Waals surface area contributed by atoms with E-state index in [0.717, 1.165) is 22.5 Å². The Morgan fingerprint density at radius 2 is 1.78 bits per heavy atom. The van der Waals surface area contributed by atoms with Gasteiger partial charge in [-0.15, -0.1) is 0 Å². The fraction of sp³-hybridized carbons (Fsp3) is 0.412. The average molecular weight is 336 g/mol. The van der Waals surface area contributed by atoms with Crippen molar-refractivity contribution in [2.24, 2.45) is 0 Å². The standard InChI is InChI=1S/C17H24N2O3S/c1-12-9-13(2)17(14(3)10-12)23(20,21)18-11-15(19(4)5)16-7-6-8-22-16/h6-10,15,18H,11H2,1-5H3. The highest BCUT2D eigenvalue weighted by molar-refractivity contribution is 7.89. The van der Waals surface area contributed by atoms with Gasteiger partial charge in [0.15, 0.2) is 0 Å². The Bertz CT molecular complexity index is 742. The van der Waals surface area contributed by atoms with E-state index in [0.29, 0.717) is 4.90 Å². The lowest BCUT2D eigenvalue weighted by atomic mass is 10.1. The number of rotatable bonds is 6. The van der Waals surface area contributed by atoms with Gasteiger partial charge >= 0.3 is 0 Å². The molecule has 0 saturated carbocycles. The summed E-state index contributed by atoms with van der Waals surface area (Å²) in [4.78, 5) is 2.29. The van der Waals surface area contributed by atoms with Crippen LogP contribution in [0.3, 0.4) is 0 Å². The van der Waals surface area contributed by atoms with Gasteiger partial charge in [-0.2, -0.15) is 0 Å². The lowest BCUT2D eigenvalue weighted by molar-refractivity contribution is 0.259. The third-order valence-corrected chi connectivity index (χ3v) is 5.56. The molecule has 6 heteroatoms. The summed E-state index contributed by atoms with van der Waals surface area (Å²) in [6, 6.07) is 7.26. The summed E-state index contributed by atoms with van der Waals surface area (Å²) in [5.41, 5.74) is 2.57. The number of likely N-dealkylation sites (N-methyl/N-ethyl adjacent to an activating group) is 1. The first kappa shape index (κ1) is 17.7. The maximum Gasteiger partial charge on any atom is 0.241 e. The van der Waals surface area contributed by atoms with Crippen LogP contribution in [-0.4, -0.2) is 34.0 Å². The Kier molecular flexibility index (Phi) is 5.29. The minimum absolute atomic E-state index is 0.161. The van der Waals surface area contributed by atoms with Crippen molar-refractivity contribution in [1.82, 2.24) is 9.62 Å². The minimum atomic E-state index is -3.58. The molecule has 1 unspecified atom stereocenters. The molecule has 5 nitrogen and oxygen atoms in total. The summed E-state index contributed by atoms with van der Waals surface area (Å²) < 4.78 is 33.6. The first-order valence-corrected chi connectivity index (χ1v) is 8.98. The summed E-state index contributed by atoms with van der Waals surface area (Å²) in [6.45, 7) is 5.85. The molecule has 126 valence electrons. The maximum atomic E-state index is 12.7. The summed E-state index contributed by atoms with van der Waals surface area (Å²) in [7, 11) is 0.209. The molecule has 0 aliphatic carbocycles. The smallest absolute Gasteiger partial charge is 0.241 e. The average Bonchev–Trinajstić information content (AvgIpc) is 2.90. The van der Waals surface area contributed by atoms with E-state index >= 15 is 0 Å². The van der Waals surface area contributed by atoms with Crippen LogP contribution >= 0.6 is 0 Å². The number of aryl methyl sites for hydroxylation is 3. The molecule has 1 heterocycles. The molecule has 1 aromatic carbocycles. The van der Waals surface area contributed by atoms with E-state index < -0.39 is 10.0 Å². The van der Waals surface area contributed by atoms with E-state index in [1.54, 1.807) is 12.3 Å². The van der Waals surface area contributed by atoms with E-state index in [4.69, 9.17) is 4.42 Å². The van der Waals surface area contributed by atoms with Gasteiger partial charge in [-0.1, -0.05) is 17.7 Å². The van der Waals surface area contributed by atoms with Crippen molar-refractivity contribution in [2.45, 2.75) is 31.7 Å². The highest BCUT2D eigenvalue weighted by Gasteiger charge is 2.24. The fourth-order valence-electron chi connectivity index (χ4n) is 2.87. The van der Waals surface area contributed by atoms with Crippen molar-refractivity contribution in [2.75, 3.05) is 20.6 Å². The van der Waals surface area contributed by atoms with Crippen LogP contribution in [0.1, 0.15) is 28.5 Å². The quantitative estimate of drug-likeness (QED) is 0.881. The number of nitrogens with zero attached hydrogens (tertiary/aromatic N) is 1. The zero-order valence-corrected chi connectivity index (χ0v) is 15.1. The highest BCUT2D eigenvalue weighted by atomic mass is 32.2. The minimum Gasteiger partial charge on any atom is -0.468 e. The summed E-state index contributed by atoms with van der Waals surface area (Å²) in [6.07, 6.45) is 1.59. The van der Waals surface area contributed by atoms with E-state index in [2.05, 4.69) is 4.72 Å². The second-order valence-corrected chi connectivity index (χ2v) is 7.78. The molecule has 1 N–H and O–H groups in total. The Morgan fingerprint density at radius 3 is 2.26 bits per heavy atom. The topological polar surface area (TPSA) is 62.6 Å². The van der Waals surface area contributed by atoms with Crippen LogP contribution in [0.2, 0.25) is 0 Å².